The van der Waals surface area contributed by atoms with Crippen molar-refractivity contribution in [2.24, 2.45) is 7.05 Å². The van der Waals surface area contributed by atoms with Crippen LogP contribution in [0.4, 0.5) is 4.39 Å². The van der Waals surface area contributed by atoms with Gasteiger partial charge in [0.05, 0.1) is 23.3 Å². The number of amides is 1. The minimum absolute atomic E-state index is 0.105. The maximum atomic E-state index is 14.9. The molecule has 1 aliphatic heterocycles. The summed E-state index contributed by atoms with van der Waals surface area (Å²) in [6, 6.07) is 14.5. The van der Waals surface area contributed by atoms with Gasteiger partial charge in [0.15, 0.2) is 0 Å². The third-order valence-corrected chi connectivity index (χ3v) is 5.14. The summed E-state index contributed by atoms with van der Waals surface area (Å²) in [5, 5.41) is 5.39. The molecule has 0 N–H and O–H groups in total. The molecular weight excluding hydrogens is 355 g/mol. The highest BCUT2D eigenvalue weighted by atomic mass is 19.1. The first-order valence-corrected chi connectivity index (χ1v) is 9.04. The van der Waals surface area contributed by atoms with Gasteiger partial charge >= 0.3 is 0 Å². The molecule has 28 heavy (non-hydrogen) atoms. The van der Waals surface area contributed by atoms with Crippen molar-refractivity contribution in [1.29, 1.82) is 0 Å². The van der Waals surface area contributed by atoms with E-state index in [1.807, 2.05) is 37.5 Å². The summed E-state index contributed by atoms with van der Waals surface area (Å²) in [7, 11) is 1.87. The third-order valence-electron chi connectivity index (χ3n) is 5.14. The fourth-order valence-corrected chi connectivity index (χ4v) is 3.77. The Balaban J connectivity index is 1.45. The molecule has 6 heteroatoms. The van der Waals surface area contributed by atoms with Crippen LogP contribution in [0.3, 0.4) is 0 Å². The Morgan fingerprint density at radius 3 is 2.79 bits per heavy atom. The van der Waals surface area contributed by atoms with Gasteiger partial charge in [0.1, 0.15) is 5.82 Å². The van der Waals surface area contributed by atoms with Crippen LogP contribution in [0.25, 0.3) is 22.0 Å². The van der Waals surface area contributed by atoms with Gasteiger partial charge in [-0.05, 0) is 35.4 Å². The van der Waals surface area contributed by atoms with Crippen LogP contribution in [0.1, 0.15) is 21.6 Å². The standard InChI is InChI=1S/C22H17FN4O/c1-26-12-18-16(4-2-6-20(18)25-26)14-7-8-15(19(23)10-14)11-27-13-21-17(22(27)28)5-3-9-24-21/h2-10,12H,11,13H2,1H3. The van der Waals surface area contributed by atoms with E-state index in [0.717, 1.165) is 27.7 Å². The van der Waals surface area contributed by atoms with Crippen LogP contribution in [0.2, 0.25) is 0 Å². The van der Waals surface area contributed by atoms with Crippen molar-refractivity contribution in [3.8, 4) is 11.1 Å². The number of carbonyl (C=O) groups excluding carboxylic acids is 1. The van der Waals surface area contributed by atoms with Crippen LogP contribution in [-0.4, -0.2) is 25.6 Å². The van der Waals surface area contributed by atoms with Gasteiger partial charge < -0.3 is 4.90 Å². The van der Waals surface area contributed by atoms with Gasteiger partial charge in [-0.25, -0.2) is 4.39 Å². The normalized spacial score (nSPS) is 13.4. The molecule has 0 saturated heterocycles. The van der Waals surface area contributed by atoms with Crippen molar-refractivity contribution in [3.63, 3.8) is 0 Å². The first-order chi connectivity index (χ1) is 13.6. The summed E-state index contributed by atoms with van der Waals surface area (Å²) in [5.41, 5.74) is 4.43. The fourth-order valence-electron chi connectivity index (χ4n) is 3.77. The summed E-state index contributed by atoms with van der Waals surface area (Å²) in [4.78, 5) is 18.4. The topological polar surface area (TPSA) is 51.0 Å². The van der Waals surface area contributed by atoms with Crippen LogP contribution < -0.4 is 0 Å². The van der Waals surface area contributed by atoms with Crippen LogP contribution in [0.15, 0.2) is 60.9 Å². The molecule has 1 amide bonds. The van der Waals surface area contributed by atoms with Crippen molar-refractivity contribution < 1.29 is 9.18 Å². The molecule has 5 rings (SSSR count). The summed E-state index contributed by atoms with van der Waals surface area (Å²) >= 11 is 0. The highest BCUT2D eigenvalue weighted by Gasteiger charge is 2.28. The van der Waals surface area contributed by atoms with Gasteiger partial charge in [0.25, 0.3) is 5.91 Å². The number of fused-ring (bicyclic) bond motifs is 2. The number of benzene rings is 2. The number of rotatable bonds is 3. The number of carbonyl (C=O) groups is 1. The van der Waals surface area contributed by atoms with E-state index in [2.05, 4.69) is 10.1 Å². The van der Waals surface area contributed by atoms with E-state index in [9.17, 15) is 9.18 Å². The molecule has 0 aliphatic carbocycles. The minimum Gasteiger partial charge on any atom is -0.328 e. The molecule has 138 valence electrons. The zero-order chi connectivity index (χ0) is 19.3. The highest BCUT2D eigenvalue weighted by molar-refractivity contribution is 5.97. The van der Waals surface area contributed by atoms with E-state index in [1.54, 1.807) is 34.0 Å². The van der Waals surface area contributed by atoms with Crippen LogP contribution in [0, 0.1) is 5.82 Å². The molecule has 0 bridgehead atoms. The molecule has 1 aliphatic rings. The number of aromatic nitrogens is 3. The average molecular weight is 372 g/mol. The van der Waals surface area contributed by atoms with E-state index in [-0.39, 0.29) is 18.3 Å². The van der Waals surface area contributed by atoms with Gasteiger partial charge in [-0.2, -0.15) is 5.10 Å². The van der Waals surface area contributed by atoms with Crippen molar-refractivity contribution in [2.45, 2.75) is 13.1 Å². The highest BCUT2D eigenvalue weighted by Crippen LogP contribution is 2.30. The third kappa shape index (κ3) is 2.65. The van der Waals surface area contributed by atoms with Crippen molar-refractivity contribution in [2.75, 3.05) is 0 Å². The molecule has 0 spiro atoms. The quantitative estimate of drug-likeness (QED) is 0.548. The molecule has 2 aromatic carbocycles. The molecule has 0 radical (unpaired) electrons. The van der Waals surface area contributed by atoms with E-state index < -0.39 is 0 Å². The van der Waals surface area contributed by atoms with E-state index in [4.69, 9.17) is 0 Å². The molecule has 2 aromatic heterocycles. The number of hydrogen-bond donors (Lipinski definition) is 0. The lowest BCUT2D eigenvalue weighted by atomic mass is 10.00. The second-order valence-corrected chi connectivity index (χ2v) is 7.01. The second kappa shape index (κ2) is 6.27. The smallest absolute Gasteiger partial charge is 0.256 e. The molecular formula is C22H17FN4O. The Labute approximate surface area is 161 Å². The van der Waals surface area contributed by atoms with Crippen molar-refractivity contribution >= 4 is 16.8 Å². The zero-order valence-corrected chi connectivity index (χ0v) is 15.3. The Bertz CT molecular complexity index is 1230. The number of nitrogens with zero attached hydrogens (tertiary/aromatic N) is 4. The second-order valence-electron chi connectivity index (χ2n) is 7.01. The summed E-state index contributed by atoms with van der Waals surface area (Å²) < 4.78 is 16.6. The lowest BCUT2D eigenvalue weighted by Crippen LogP contribution is -2.23. The molecule has 0 unspecified atom stereocenters. The van der Waals surface area contributed by atoms with Crippen LogP contribution >= 0.6 is 0 Å². The molecule has 0 atom stereocenters. The molecule has 3 heterocycles. The largest absolute Gasteiger partial charge is 0.328 e. The Morgan fingerprint density at radius 1 is 1.11 bits per heavy atom. The molecule has 4 aromatic rings. The fraction of sp³-hybridized carbons (Fsp3) is 0.136. The van der Waals surface area contributed by atoms with Gasteiger partial charge in [0.2, 0.25) is 0 Å². The number of pyridine rings is 1. The van der Waals surface area contributed by atoms with Gasteiger partial charge in [-0.1, -0.05) is 24.3 Å². The van der Waals surface area contributed by atoms with E-state index in [0.29, 0.717) is 17.7 Å². The zero-order valence-electron chi connectivity index (χ0n) is 15.3. The SMILES string of the molecule is Cn1cc2c(-c3ccc(CN4Cc5ncccc5C4=O)c(F)c3)cccc2n1. The monoisotopic (exact) mass is 372 g/mol. The van der Waals surface area contributed by atoms with Crippen molar-refractivity contribution in [1.82, 2.24) is 19.7 Å². The molecule has 0 saturated carbocycles. The maximum absolute atomic E-state index is 14.9. The van der Waals surface area contributed by atoms with E-state index >= 15 is 0 Å². The van der Waals surface area contributed by atoms with E-state index in [1.165, 1.54) is 6.07 Å². The first kappa shape index (κ1) is 16.6. The molecule has 0 fully saturated rings. The Hall–Kier alpha value is -3.54. The first-order valence-electron chi connectivity index (χ1n) is 9.04. The predicted molar refractivity (Wildman–Crippen MR) is 104 cm³/mol. The predicted octanol–water partition coefficient (Wildman–Crippen LogP) is 3.93. The molecule has 5 nitrogen and oxygen atoms in total. The summed E-state index contributed by atoms with van der Waals surface area (Å²) in [5.74, 6) is -0.429. The van der Waals surface area contributed by atoms with Gasteiger partial charge in [-0.3, -0.25) is 14.5 Å². The number of aryl methyl sites for hydroxylation is 1. The Kier molecular flexibility index (Phi) is 3.72. The summed E-state index contributed by atoms with van der Waals surface area (Å²) in [6.07, 6.45) is 3.60. The van der Waals surface area contributed by atoms with Crippen LogP contribution in [0.5, 0.6) is 0 Å². The summed E-state index contributed by atoms with van der Waals surface area (Å²) in [6.45, 7) is 0.629. The van der Waals surface area contributed by atoms with Gasteiger partial charge in [-0.15, -0.1) is 0 Å². The minimum atomic E-state index is -0.324. The van der Waals surface area contributed by atoms with Gasteiger partial charge in [0, 0.05) is 36.9 Å². The van der Waals surface area contributed by atoms with Crippen molar-refractivity contribution in [3.05, 3.63) is 83.6 Å². The van der Waals surface area contributed by atoms with Crippen LogP contribution in [-0.2, 0) is 20.1 Å². The average Bonchev–Trinajstić information content (AvgIpc) is 3.22. The number of halogens is 1. The lowest BCUT2D eigenvalue weighted by molar-refractivity contribution is 0.0765. The lowest BCUT2D eigenvalue weighted by Gasteiger charge is -2.16. The maximum Gasteiger partial charge on any atom is 0.256 e. The number of hydrogen-bond acceptors (Lipinski definition) is 3. The Morgan fingerprint density at radius 2 is 1.96 bits per heavy atom.